The lowest BCUT2D eigenvalue weighted by atomic mass is 9.83. The van der Waals surface area contributed by atoms with E-state index < -0.39 is 120 Å². The summed E-state index contributed by atoms with van der Waals surface area (Å²) in [5, 5.41) is 3.56. The molecule has 0 atom stereocenters. The van der Waals surface area contributed by atoms with Crippen molar-refractivity contribution in [3.8, 4) is 0 Å². The van der Waals surface area contributed by atoms with Crippen LogP contribution in [0.3, 0.4) is 0 Å². The van der Waals surface area contributed by atoms with Gasteiger partial charge >= 0.3 is 101 Å². The number of anilines is 2. The fourth-order valence-corrected chi connectivity index (χ4v) is 4.15. The smallest absolute Gasteiger partial charge is 0.453 e. The molecule has 6 nitrogen and oxygen atoms in total. The average Bonchev–Trinajstić information content (AvgIpc) is 3.11. The van der Waals surface area contributed by atoms with Crippen molar-refractivity contribution in [1.29, 1.82) is 0 Å². The van der Waals surface area contributed by atoms with E-state index in [-0.39, 0.29) is 11.3 Å². The maximum Gasteiger partial charge on any atom is 0.460 e. The van der Waals surface area contributed by atoms with Gasteiger partial charge in [0.05, 0.1) is 20.1 Å². The van der Waals surface area contributed by atoms with Crippen LogP contribution in [0.1, 0.15) is 12.0 Å². The fourth-order valence-electron chi connectivity index (χ4n) is 4.15. The molecular formula is C27H15F31N2O4. The number of carbonyl (C=O) groups excluding carboxylic acids is 2. The van der Waals surface area contributed by atoms with Gasteiger partial charge in [0.25, 0.3) is 0 Å². The maximum atomic E-state index is 14.2. The van der Waals surface area contributed by atoms with Gasteiger partial charge in [-0.15, -0.1) is 0 Å². The molecule has 2 N–H and O–H groups in total. The summed E-state index contributed by atoms with van der Waals surface area (Å²) in [5.41, 5.74) is -0.596. The molecule has 0 fully saturated rings. The van der Waals surface area contributed by atoms with Crippen molar-refractivity contribution in [3.05, 3.63) is 23.8 Å². The molecule has 0 aliphatic carbocycles. The largest absolute Gasteiger partial charge is 0.460 e. The Hall–Kier alpha value is -4.41. The Bertz CT molecular complexity index is 1870. The van der Waals surface area contributed by atoms with E-state index in [1.807, 2.05) is 5.32 Å². The minimum atomic E-state index is -10.1. The summed E-state index contributed by atoms with van der Waals surface area (Å²) in [4.78, 5) is 23.1. The highest BCUT2D eigenvalue weighted by molar-refractivity contribution is 5.89. The van der Waals surface area contributed by atoms with Gasteiger partial charge in [0.2, 0.25) is 0 Å². The number of benzene rings is 1. The van der Waals surface area contributed by atoms with E-state index in [1.54, 1.807) is 5.32 Å². The zero-order valence-corrected chi connectivity index (χ0v) is 29.5. The van der Waals surface area contributed by atoms with Gasteiger partial charge in [-0.25, -0.2) is 9.59 Å². The molecule has 0 spiro atoms. The number of rotatable bonds is 18. The first kappa shape index (κ1) is 57.6. The highest BCUT2D eigenvalue weighted by Crippen LogP contribution is 2.69. The normalized spacial score (nSPS) is 15.5. The number of carbonyl (C=O) groups is 2. The molecule has 0 unspecified atom stereocenters. The summed E-state index contributed by atoms with van der Waals surface area (Å²) < 4.78 is 433. The lowest BCUT2D eigenvalue weighted by Gasteiger charge is -2.46. The summed E-state index contributed by atoms with van der Waals surface area (Å²) in [7, 11) is 0.844. The summed E-state index contributed by atoms with van der Waals surface area (Å²) in [6, 6.07) is 2.73. The van der Waals surface area contributed by atoms with Crippen molar-refractivity contribution in [2.45, 2.75) is 102 Å². The van der Waals surface area contributed by atoms with Crippen LogP contribution in [-0.2, 0) is 9.47 Å². The molecule has 374 valence electrons. The third-order valence-corrected chi connectivity index (χ3v) is 8.10. The Morgan fingerprint density at radius 2 is 0.734 bits per heavy atom. The van der Waals surface area contributed by atoms with Gasteiger partial charge in [-0.2, -0.15) is 136 Å². The second kappa shape index (κ2) is 16.2. The predicted molar refractivity (Wildman–Crippen MR) is 142 cm³/mol. The van der Waals surface area contributed by atoms with Crippen LogP contribution in [0.5, 0.6) is 0 Å². The van der Waals surface area contributed by atoms with Crippen molar-refractivity contribution in [3.63, 3.8) is 0 Å². The Labute approximate surface area is 330 Å². The zero-order valence-electron chi connectivity index (χ0n) is 29.5. The van der Waals surface area contributed by atoms with E-state index in [0.717, 1.165) is 25.3 Å². The molecule has 1 aromatic rings. The lowest BCUT2D eigenvalue weighted by Crippen LogP contribution is -2.79. The Morgan fingerprint density at radius 1 is 0.438 bits per heavy atom. The zero-order chi connectivity index (χ0) is 51.8. The number of nitrogens with one attached hydrogen (secondary N) is 2. The van der Waals surface area contributed by atoms with E-state index >= 15 is 0 Å². The highest BCUT2D eigenvalue weighted by atomic mass is 19.4. The molecule has 37 heteroatoms. The van der Waals surface area contributed by atoms with Gasteiger partial charge in [-0.3, -0.25) is 10.6 Å². The molecule has 0 saturated heterocycles. The molecular weight excluding hydrogens is 1010 g/mol. The van der Waals surface area contributed by atoms with Gasteiger partial charge in [0.15, 0.2) is 0 Å². The van der Waals surface area contributed by atoms with Crippen molar-refractivity contribution in [2.24, 2.45) is 0 Å². The van der Waals surface area contributed by atoms with E-state index in [2.05, 4.69) is 9.47 Å². The lowest BCUT2D eigenvalue weighted by molar-refractivity contribution is -0.489. The summed E-state index contributed by atoms with van der Waals surface area (Å²) >= 11 is 0. The monoisotopic (exact) mass is 1020 g/mol. The number of amides is 2. The van der Waals surface area contributed by atoms with Crippen LogP contribution in [0.2, 0.25) is 0 Å². The molecule has 0 radical (unpaired) electrons. The molecule has 2 amide bonds. The molecule has 1 aromatic carbocycles. The second-order valence-corrected chi connectivity index (χ2v) is 12.3. The SMILES string of the molecule is COC(=O)Nc1cc(NC(=O)OCCC(F)(F)C(F)(F)C(F)(F)C(F)(F)C(F)(F)C(F)(F)C(F)(F)C(F)(F)C(F)(F)C(F)(F)C(F)(F)C(F)(F)C(F)(F)C(F)(F)C(F)(F)F)ccc1C. The van der Waals surface area contributed by atoms with Crippen molar-refractivity contribution in [1.82, 2.24) is 0 Å². The van der Waals surface area contributed by atoms with Crippen LogP contribution < -0.4 is 10.6 Å². The number of methoxy groups -OCH3 is 1. The molecule has 0 bridgehead atoms. The third kappa shape index (κ3) is 8.03. The number of aryl methyl sites for hydroxylation is 1. The fraction of sp³-hybridized carbons (Fsp3) is 0.704. The first-order valence-electron chi connectivity index (χ1n) is 15.0. The Balaban J connectivity index is 3.67. The minimum Gasteiger partial charge on any atom is -0.453 e. The third-order valence-electron chi connectivity index (χ3n) is 8.10. The average molecular weight is 1020 g/mol. The maximum absolute atomic E-state index is 14.2. The van der Waals surface area contributed by atoms with Crippen LogP contribution in [0.25, 0.3) is 0 Å². The van der Waals surface area contributed by atoms with Crippen LogP contribution in [0.4, 0.5) is 157 Å². The predicted octanol–water partition coefficient (Wildman–Crippen LogP) is 12.6. The van der Waals surface area contributed by atoms with Gasteiger partial charge < -0.3 is 9.47 Å². The molecule has 0 aliphatic rings. The number of halogens is 31. The van der Waals surface area contributed by atoms with E-state index in [0.29, 0.717) is 0 Å². The van der Waals surface area contributed by atoms with E-state index in [9.17, 15) is 146 Å². The number of hydrogen-bond acceptors (Lipinski definition) is 4. The molecule has 64 heavy (non-hydrogen) atoms. The quantitative estimate of drug-likeness (QED) is 0.144. The van der Waals surface area contributed by atoms with Crippen molar-refractivity contribution in [2.75, 3.05) is 24.4 Å². The van der Waals surface area contributed by atoms with Crippen LogP contribution in [0, 0.1) is 6.92 Å². The summed E-state index contributed by atoms with van der Waals surface area (Å²) in [5.74, 6) is -133. The van der Waals surface area contributed by atoms with E-state index in [4.69, 9.17) is 0 Å². The van der Waals surface area contributed by atoms with Crippen molar-refractivity contribution < 1.29 is 155 Å². The number of hydrogen-bond donors (Lipinski definition) is 2. The van der Waals surface area contributed by atoms with Gasteiger partial charge in [0.1, 0.15) is 0 Å². The van der Waals surface area contributed by atoms with Gasteiger partial charge in [-0.05, 0) is 24.6 Å². The standard InChI is InChI=1S/C27H15F31N2O4/c1-8-3-4-9(7-10(8)60-11(61)63-2)59-12(62)64-6-5-13(28,29)14(30,31)15(32,33)16(34,35)17(36,37)18(38,39)19(40,41)20(42,43)21(44,45)22(46,47)23(48,49)24(50,51)25(52,53)26(54,55)27(56,57)58/h3-4,7H,5-6H2,1-2H3,(H,59,62)(H,60,61). The molecule has 0 aliphatic heterocycles. The van der Waals surface area contributed by atoms with Gasteiger partial charge in [-0.1, -0.05) is 6.07 Å². The van der Waals surface area contributed by atoms with Crippen LogP contribution >= 0.6 is 0 Å². The molecule has 0 heterocycles. The summed E-state index contributed by atoms with van der Waals surface area (Å²) in [6.07, 6.45) is -15.1. The van der Waals surface area contributed by atoms with E-state index in [1.165, 1.54) is 6.92 Å². The topological polar surface area (TPSA) is 76.7 Å². The van der Waals surface area contributed by atoms with Crippen LogP contribution in [-0.4, -0.2) is 115 Å². The molecule has 0 aromatic heterocycles. The first-order valence-corrected chi connectivity index (χ1v) is 15.0. The second-order valence-electron chi connectivity index (χ2n) is 12.3. The molecule has 1 rings (SSSR count). The minimum absolute atomic E-state index is 0.170. The molecule has 0 saturated carbocycles. The van der Waals surface area contributed by atoms with Crippen LogP contribution in [0.15, 0.2) is 18.2 Å². The Morgan fingerprint density at radius 3 is 1.03 bits per heavy atom. The Kier molecular flexibility index (Phi) is 14.6. The number of alkyl halides is 31. The summed E-state index contributed by atoms with van der Waals surface area (Å²) in [6.45, 7) is -1.22. The highest BCUT2D eigenvalue weighted by Gasteiger charge is 3.01. The first-order chi connectivity index (χ1) is 27.7. The number of ether oxygens (including phenoxy) is 2. The van der Waals surface area contributed by atoms with Crippen molar-refractivity contribution >= 4 is 23.6 Å². The van der Waals surface area contributed by atoms with Gasteiger partial charge in [0, 0.05) is 11.4 Å².